The van der Waals surface area contributed by atoms with E-state index in [-0.39, 0.29) is 17.7 Å². The first kappa shape index (κ1) is 10.2. The van der Waals surface area contributed by atoms with Crippen molar-refractivity contribution in [2.45, 2.75) is 0 Å². The summed E-state index contributed by atoms with van der Waals surface area (Å²) in [5.41, 5.74) is 5.57. The fourth-order valence-electron chi connectivity index (χ4n) is 1.44. The van der Waals surface area contributed by atoms with E-state index >= 15 is 0 Å². The summed E-state index contributed by atoms with van der Waals surface area (Å²) in [7, 11) is 0. The summed E-state index contributed by atoms with van der Waals surface area (Å²) in [6.07, 6.45) is 1.43. The Morgan fingerprint density at radius 3 is 2.67 bits per heavy atom. The zero-order valence-electron chi connectivity index (χ0n) is 7.77. The molecule has 1 aliphatic heterocycles. The third-order valence-corrected chi connectivity index (χ3v) is 3.03. The van der Waals surface area contributed by atoms with Crippen molar-refractivity contribution in [3.05, 3.63) is 22.6 Å². The number of hydrogen-bond acceptors (Lipinski definition) is 3. The monoisotopic (exact) mass is 272 g/mol. The van der Waals surface area contributed by atoms with E-state index < -0.39 is 0 Å². The van der Waals surface area contributed by atoms with Crippen LogP contribution in [-0.4, -0.2) is 29.8 Å². The molecule has 0 spiro atoms. The fraction of sp³-hybridized carbons (Fsp3) is 0.333. The number of likely N-dealkylation sites (tertiary alicyclic amines) is 1. The highest BCUT2D eigenvalue weighted by molar-refractivity contribution is 9.10. The molecule has 0 bridgehead atoms. The van der Waals surface area contributed by atoms with Crippen molar-refractivity contribution in [1.82, 2.24) is 4.90 Å². The Morgan fingerprint density at radius 1 is 1.53 bits per heavy atom. The summed E-state index contributed by atoms with van der Waals surface area (Å²) in [4.78, 5) is 24.1. The van der Waals surface area contributed by atoms with Gasteiger partial charge in [-0.1, -0.05) is 0 Å². The van der Waals surface area contributed by atoms with Crippen LogP contribution in [0.3, 0.4) is 0 Å². The van der Waals surface area contributed by atoms with E-state index in [0.29, 0.717) is 23.3 Å². The van der Waals surface area contributed by atoms with Gasteiger partial charge < -0.3 is 15.1 Å². The molecule has 0 radical (unpaired) electrons. The molecule has 6 heteroatoms. The minimum atomic E-state index is -0.356. The second kappa shape index (κ2) is 3.69. The predicted molar refractivity (Wildman–Crippen MR) is 55.0 cm³/mol. The Bertz CT molecular complexity index is 409. The maximum absolute atomic E-state index is 11.8. The average molecular weight is 273 g/mol. The van der Waals surface area contributed by atoms with Crippen LogP contribution < -0.4 is 5.73 Å². The van der Waals surface area contributed by atoms with E-state index in [9.17, 15) is 9.59 Å². The van der Waals surface area contributed by atoms with Gasteiger partial charge >= 0.3 is 0 Å². The number of nitrogens with two attached hydrogens (primary N) is 1. The molecule has 2 heterocycles. The lowest BCUT2D eigenvalue weighted by molar-refractivity contribution is -0.125. The molecule has 2 amide bonds. The molecule has 2 rings (SSSR count). The van der Waals surface area contributed by atoms with Gasteiger partial charge in [-0.25, -0.2) is 0 Å². The quantitative estimate of drug-likeness (QED) is 0.857. The van der Waals surface area contributed by atoms with Crippen molar-refractivity contribution in [1.29, 1.82) is 0 Å². The third kappa shape index (κ3) is 1.77. The Balaban J connectivity index is 2.01. The first-order chi connectivity index (χ1) is 7.09. The van der Waals surface area contributed by atoms with Crippen LogP contribution in [0.5, 0.6) is 0 Å². The van der Waals surface area contributed by atoms with E-state index in [0.717, 1.165) is 0 Å². The van der Waals surface area contributed by atoms with Crippen molar-refractivity contribution in [3.8, 4) is 0 Å². The van der Waals surface area contributed by atoms with Crippen molar-refractivity contribution < 1.29 is 14.0 Å². The van der Waals surface area contributed by atoms with E-state index in [1.165, 1.54) is 6.26 Å². The van der Waals surface area contributed by atoms with Gasteiger partial charge in [-0.2, -0.15) is 0 Å². The molecule has 0 atom stereocenters. The molecule has 1 saturated heterocycles. The van der Waals surface area contributed by atoms with E-state index in [1.807, 2.05) is 0 Å². The van der Waals surface area contributed by atoms with Gasteiger partial charge in [0, 0.05) is 13.1 Å². The van der Waals surface area contributed by atoms with Gasteiger partial charge in [-0.05, 0) is 22.0 Å². The summed E-state index contributed by atoms with van der Waals surface area (Å²) < 4.78 is 5.37. The largest absolute Gasteiger partial charge is 0.457 e. The predicted octanol–water partition coefficient (Wildman–Crippen LogP) is 0.599. The average Bonchev–Trinajstić information content (AvgIpc) is 2.47. The van der Waals surface area contributed by atoms with Crippen LogP contribution in [0, 0.1) is 5.92 Å². The van der Waals surface area contributed by atoms with Gasteiger partial charge in [0.1, 0.15) is 0 Å². The second-order valence-corrected chi connectivity index (χ2v) is 4.14. The number of amides is 2. The highest BCUT2D eigenvalue weighted by Gasteiger charge is 2.35. The van der Waals surface area contributed by atoms with E-state index in [2.05, 4.69) is 15.9 Å². The summed E-state index contributed by atoms with van der Waals surface area (Å²) in [5.74, 6) is -0.710. The van der Waals surface area contributed by atoms with Crippen molar-refractivity contribution >= 4 is 27.7 Å². The molecule has 80 valence electrons. The summed E-state index contributed by atoms with van der Waals surface area (Å²) in [5, 5.41) is 0. The summed E-state index contributed by atoms with van der Waals surface area (Å²) in [6.45, 7) is 0.789. The minimum absolute atomic E-state index is 0.145. The van der Waals surface area contributed by atoms with Crippen LogP contribution in [0.4, 0.5) is 0 Å². The zero-order valence-corrected chi connectivity index (χ0v) is 9.36. The van der Waals surface area contributed by atoms with Gasteiger partial charge in [0.25, 0.3) is 5.91 Å². The number of hydrogen-bond donors (Lipinski definition) is 1. The molecule has 1 aromatic rings. The van der Waals surface area contributed by atoms with Crippen LogP contribution in [0.1, 0.15) is 10.4 Å². The lowest BCUT2D eigenvalue weighted by atomic mass is 9.99. The molecule has 0 unspecified atom stereocenters. The summed E-state index contributed by atoms with van der Waals surface area (Å²) in [6, 6.07) is 1.59. The van der Waals surface area contributed by atoms with Crippen molar-refractivity contribution in [2.24, 2.45) is 11.7 Å². The van der Waals surface area contributed by atoms with Crippen LogP contribution in [0.25, 0.3) is 0 Å². The Labute approximate surface area is 94.3 Å². The normalized spacial score (nSPS) is 16.2. The molecule has 0 saturated carbocycles. The number of primary amides is 1. The molecule has 1 aromatic heterocycles. The molecule has 0 aliphatic carbocycles. The second-order valence-electron chi connectivity index (χ2n) is 3.42. The number of rotatable bonds is 2. The molecule has 0 aromatic carbocycles. The minimum Gasteiger partial charge on any atom is -0.457 e. The number of halogens is 1. The maximum Gasteiger partial charge on any atom is 0.258 e. The van der Waals surface area contributed by atoms with Gasteiger partial charge in [0.2, 0.25) is 5.91 Å². The highest BCUT2D eigenvalue weighted by atomic mass is 79.9. The van der Waals surface area contributed by atoms with Crippen molar-refractivity contribution in [3.63, 3.8) is 0 Å². The molecule has 2 N–H and O–H groups in total. The Kier molecular flexibility index (Phi) is 2.52. The summed E-state index contributed by atoms with van der Waals surface area (Å²) >= 11 is 3.13. The molecule has 1 fully saturated rings. The maximum atomic E-state index is 11.8. The molecule has 5 nitrogen and oxygen atoms in total. The third-order valence-electron chi connectivity index (χ3n) is 2.42. The first-order valence-electron chi connectivity index (χ1n) is 4.41. The first-order valence-corrected chi connectivity index (χ1v) is 5.20. The van der Waals surface area contributed by atoms with Crippen LogP contribution >= 0.6 is 15.9 Å². The standard InChI is InChI=1S/C9H9BrN2O3/c10-7-6(1-2-15-7)9(14)12-3-5(4-12)8(11)13/h1-2,5H,3-4H2,(H2,11,13). The fourth-order valence-corrected chi connectivity index (χ4v) is 1.85. The molecule has 1 aliphatic rings. The van der Waals surface area contributed by atoms with Crippen LogP contribution in [0.15, 0.2) is 21.4 Å². The Hall–Kier alpha value is -1.30. The van der Waals surface area contributed by atoms with Gasteiger partial charge in [0.15, 0.2) is 4.67 Å². The van der Waals surface area contributed by atoms with Gasteiger partial charge in [-0.3, -0.25) is 9.59 Å². The number of carbonyl (C=O) groups excluding carboxylic acids is 2. The van der Waals surface area contributed by atoms with Crippen LogP contribution in [0.2, 0.25) is 0 Å². The smallest absolute Gasteiger partial charge is 0.258 e. The van der Waals surface area contributed by atoms with E-state index in [4.69, 9.17) is 10.2 Å². The molecular formula is C9H9BrN2O3. The van der Waals surface area contributed by atoms with Gasteiger partial charge in [-0.15, -0.1) is 0 Å². The Morgan fingerprint density at radius 2 is 2.20 bits per heavy atom. The number of nitrogens with zero attached hydrogens (tertiary/aromatic N) is 1. The number of carbonyl (C=O) groups is 2. The lowest BCUT2D eigenvalue weighted by Gasteiger charge is -2.37. The lowest BCUT2D eigenvalue weighted by Crippen LogP contribution is -2.54. The topological polar surface area (TPSA) is 76.5 Å². The van der Waals surface area contributed by atoms with Gasteiger partial charge in [0.05, 0.1) is 17.7 Å². The van der Waals surface area contributed by atoms with E-state index in [1.54, 1.807) is 11.0 Å². The number of furan rings is 1. The SMILES string of the molecule is NC(=O)C1CN(C(=O)c2ccoc2Br)C1. The van der Waals surface area contributed by atoms with Crippen LogP contribution in [-0.2, 0) is 4.79 Å². The van der Waals surface area contributed by atoms with Crippen molar-refractivity contribution in [2.75, 3.05) is 13.1 Å². The highest BCUT2D eigenvalue weighted by Crippen LogP contribution is 2.23. The molecule has 15 heavy (non-hydrogen) atoms. The molecular weight excluding hydrogens is 264 g/mol. The zero-order chi connectivity index (χ0) is 11.0.